The Labute approximate surface area is 280 Å². The molecule has 3 amide bonds. The summed E-state index contributed by atoms with van der Waals surface area (Å²) in [5.74, 6) is -2.54. The van der Waals surface area contributed by atoms with Gasteiger partial charge in [-0.15, -0.1) is 0 Å². The molecular formula is C34H35FN6O8. The number of carbonyl (C=O) groups is 4. The molecule has 2 heterocycles. The molecule has 0 bridgehead atoms. The Morgan fingerprint density at radius 3 is 2.65 bits per heavy atom. The van der Waals surface area contributed by atoms with Crippen LogP contribution in [0.4, 0.5) is 9.18 Å². The SMILES string of the molecule is C=CCOC(=O)NC(COc1ccc2ncc(F)cc2c1C(=O)NC(CC(=O)O)C(=O)NCCc1nc(C2CC2)no1)Cc1ccccc1. The Balaban J connectivity index is 1.34. The van der Waals surface area contributed by atoms with Crippen LogP contribution in [0.5, 0.6) is 5.75 Å². The highest BCUT2D eigenvalue weighted by Crippen LogP contribution is 2.38. The van der Waals surface area contributed by atoms with Gasteiger partial charge in [0, 0.05) is 24.3 Å². The minimum absolute atomic E-state index is 0.0122. The molecule has 2 atom stereocenters. The van der Waals surface area contributed by atoms with Crippen molar-refractivity contribution in [1.29, 1.82) is 0 Å². The van der Waals surface area contributed by atoms with Crippen LogP contribution in [0.2, 0.25) is 0 Å². The molecule has 2 aromatic carbocycles. The Bertz CT molecular complexity index is 1810. The maximum atomic E-state index is 14.4. The zero-order valence-corrected chi connectivity index (χ0v) is 26.4. The summed E-state index contributed by atoms with van der Waals surface area (Å²) in [6.07, 6.45) is 3.47. The van der Waals surface area contributed by atoms with E-state index in [1.54, 1.807) is 0 Å². The average molecular weight is 675 g/mol. The summed E-state index contributed by atoms with van der Waals surface area (Å²) in [6.45, 7) is 3.41. The van der Waals surface area contributed by atoms with Gasteiger partial charge in [0.1, 0.15) is 30.8 Å². The number of halogens is 1. The van der Waals surface area contributed by atoms with Gasteiger partial charge in [-0.2, -0.15) is 4.98 Å². The number of alkyl carbamates (subject to hydrolysis) is 1. The predicted molar refractivity (Wildman–Crippen MR) is 172 cm³/mol. The third-order valence-corrected chi connectivity index (χ3v) is 7.50. The molecule has 2 unspecified atom stereocenters. The van der Waals surface area contributed by atoms with Gasteiger partial charge >= 0.3 is 12.1 Å². The monoisotopic (exact) mass is 674 g/mol. The minimum Gasteiger partial charge on any atom is -0.491 e. The van der Waals surface area contributed by atoms with Gasteiger partial charge in [-0.25, -0.2) is 9.18 Å². The number of nitrogens with one attached hydrogen (secondary N) is 3. The third kappa shape index (κ3) is 9.82. The number of hydrogen-bond donors (Lipinski definition) is 4. The Morgan fingerprint density at radius 1 is 1.12 bits per heavy atom. The zero-order chi connectivity index (χ0) is 34.8. The molecule has 1 fully saturated rings. The van der Waals surface area contributed by atoms with Crippen LogP contribution in [0.25, 0.3) is 10.9 Å². The van der Waals surface area contributed by atoms with E-state index in [-0.39, 0.29) is 48.4 Å². The number of hydrogen-bond acceptors (Lipinski definition) is 10. The van der Waals surface area contributed by atoms with E-state index in [4.69, 9.17) is 14.0 Å². The van der Waals surface area contributed by atoms with Gasteiger partial charge in [0.15, 0.2) is 5.82 Å². The lowest BCUT2D eigenvalue weighted by molar-refractivity contribution is -0.139. The molecule has 4 N–H and O–H groups in total. The van der Waals surface area contributed by atoms with Crippen LogP contribution in [0.3, 0.4) is 0 Å². The van der Waals surface area contributed by atoms with Gasteiger partial charge in [0.25, 0.3) is 5.91 Å². The number of benzene rings is 2. The van der Waals surface area contributed by atoms with Crippen molar-refractivity contribution in [2.24, 2.45) is 0 Å². The second kappa shape index (κ2) is 16.3. The molecule has 4 aromatic rings. The van der Waals surface area contributed by atoms with E-state index in [0.717, 1.165) is 30.7 Å². The number of carbonyl (C=O) groups excluding carboxylic acids is 3. The molecule has 1 aliphatic rings. The van der Waals surface area contributed by atoms with Crippen LogP contribution in [0.15, 0.2) is 71.9 Å². The number of rotatable bonds is 17. The van der Waals surface area contributed by atoms with Gasteiger partial charge in [0.05, 0.1) is 29.7 Å². The molecule has 49 heavy (non-hydrogen) atoms. The quantitative estimate of drug-likeness (QED) is 0.120. The molecule has 0 radical (unpaired) electrons. The molecule has 5 rings (SSSR count). The van der Waals surface area contributed by atoms with E-state index in [0.29, 0.717) is 24.1 Å². The molecule has 14 nitrogen and oxygen atoms in total. The zero-order valence-electron chi connectivity index (χ0n) is 26.4. The highest BCUT2D eigenvalue weighted by atomic mass is 19.1. The molecule has 256 valence electrons. The molecule has 1 aliphatic carbocycles. The number of nitrogens with zero attached hydrogens (tertiary/aromatic N) is 3. The second-order valence-corrected chi connectivity index (χ2v) is 11.4. The molecular weight excluding hydrogens is 639 g/mol. The molecule has 15 heteroatoms. The standard InChI is InChI=1S/C34H35FN6O8/c1-2-14-47-34(46)38-23(15-20-6-4-3-5-7-20)19-48-27-11-10-25-24(16-22(35)18-37-25)30(27)33(45)39-26(17-29(42)43)32(44)36-13-12-28-40-31(41-49-28)21-8-9-21/h2-7,10-11,16,18,21,23,26H,1,8-9,12-15,17,19H2,(H,36,44)(H,38,46)(H,39,45)(H,42,43). The lowest BCUT2D eigenvalue weighted by Crippen LogP contribution is -2.48. The Morgan fingerprint density at radius 2 is 1.92 bits per heavy atom. The molecule has 0 spiro atoms. The first kappa shape index (κ1) is 34.5. The van der Waals surface area contributed by atoms with Gasteiger partial charge in [0.2, 0.25) is 11.8 Å². The number of carboxylic acid groups (broad SMARTS) is 1. The summed E-state index contributed by atoms with van der Waals surface area (Å²) >= 11 is 0. The van der Waals surface area contributed by atoms with Crippen LogP contribution in [-0.4, -0.2) is 76.0 Å². The van der Waals surface area contributed by atoms with Crippen molar-refractivity contribution in [3.8, 4) is 5.75 Å². The fourth-order valence-electron chi connectivity index (χ4n) is 5.00. The van der Waals surface area contributed by atoms with Gasteiger partial charge in [-0.05, 0) is 43.0 Å². The first-order valence-corrected chi connectivity index (χ1v) is 15.6. The summed E-state index contributed by atoms with van der Waals surface area (Å²) in [5.41, 5.74) is 0.946. The predicted octanol–water partition coefficient (Wildman–Crippen LogP) is 3.47. The topological polar surface area (TPSA) is 195 Å². The summed E-state index contributed by atoms with van der Waals surface area (Å²) in [7, 11) is 0. The number of amides is 3. The molecule has 0 aliphatic heterocycles. The van der Waals surface area contributed by atoms with E-state index in [1.165, 1.54) is 18.2 Å². The fraction of sp³-hybridized carbons (Fsp3) is 0.324. The lowest BCUT2D eigenvalue weighted by atomic mass is 10.0. The maximum absolute atomic E-state index is 14.4. The van der Waals surface area contributed by atoms with Crippen molar-refractivity contribution in [3.05, 3.63) is 96.0 Å². The number of pyridine rings is 1. The van der Waals surface area contributed by atoms with E-state index < -0.39 is 48.2 Å². The second-order valence-electron chi connectivity index (χ2n) is 11.4. The fourth-order valence-corrected chi connectivity index (χ4v) is 5.00. The molecule has 1 saturated carbocycles. The van der Waals surface area contributed by atoms with E-state index in [2.05, 4.69) is 37.7 Å². The Hall–Kier alpha value is -5.86. The normalized spacial score (nSPS) is 13.6. The first-order chi connectivity index (χ1) is 23.7. The van der Waals surface area contributed by atoms with Crippen molar-refractivity contribution >= 4 is 34.8 Å². The van der Waals surface area contributed by atoms with E-state index in [1.807, 2.05) is 30.3 Å². The van der Waals surface area contributed by atoms with Crippen molar-refractivity contribution in [2.75, 3.05) is 19.8 Å². The number of aromatic nitrogens is 3. The van der Waals surface area contributed by atoms with E-state index in [9.17, 15) is 28.7 Å². The van der Waals surface area contributed by atoms with Crippen molar-refractivity contribution in [2.45, 2.75) is 50.1 Å². The highest BCUT2D eigenvalue weighted by Gasteiger charge is 2.30. The summed E-state index contributed by atoms with van der Waals surface area (Å²) in [4.78, 5) is 59.4. The summed E-state index contributed by atoms with van der Waals surface area (Å²) in [6, 6.07) is 11.2. The first-order valence-electron chi connectivity index (χ1n) is 15.6. The molecule has 2 aromatic heterocycles. The summed E-state index contributed by atoms with van der Waals surface area (Å²) in [5, 5.41) is 21.3. The van der Waals surface area contributed by atoms with Gasteiger partial charge in [-0.3, -0.25) is 19.4 Å². The van der Waals surface area contributed by atoms with Crippen LogP contribution in [0, 0.1) is 5.82 Å². The van der Waals surface area contributed by atoms with Gasteiger partial charge in [-0.1, -0.05) is 48.1 Å². The van der Waals surface area contributed by atoms with Crippen LogP contribution >= 0.6 is 0 Å². The van der Waals surface area contributed by atoms with Crippen molar-refractivity contribution in [1.82, 2.24) is 31.1 Å². The Kier molecular flexibility index (Phi) is 11.5. The largest absolute Gasteiger partial charge is 0.491 e. The maximum Gasteiger partial charge on any atom is 0.407 e. The summed E-state index contributed by atoms with van der Waals surface area (Å²) < 4.78 is 30.8. The minimum atomic E-state index is -1.51. The third-order valence-electron chi connectivity index (χ3n) is 7.50. The van der Waals surface area contributed by atoms with Crippen molar-refractivity contribution < 1.29 is 42.7 Å². The van der Waals surface area contributed by atoms with Crippen LogP contribution in [0.1, 0.15) is 52.8 Å². The van der Waals surface area contributed by atoms with Crippen molar-refractivity contribution in [3.63, 3.8) is 0 Å². The lowest BCUT2D eigenvalue weighted by Gasteiger charge is -2.22. The van der Waals surface area contributed by atoms with Crippen LogP contribution < -0.4 is 20.7 Å². The average Bonchev–Trinajstić information content (AvgIpc) is 3.83. The van der Waals surface area contributed by atoms with Crippen LogP contribution in [-0.2, 0) is 27.2 Å². The highest BCUT2D eigenvalue weighted by molar-refractivity contribution is 6.10. The number of fused-ring (bicyclic) bond motifs is 1. The smallest absolute Gasteiger partial charge is 0.407 e. The number of carboxylic acids is 1. The van der Waals surface area contributed by atoms with Gasteiger partial charge < -0.3 is 35.1 Å². The number of ether oxygens (including phenoxy) is 2. The molecule has 0 saturated heterocycles. The number of aliphatic carboxylic acids is 1. The van der Waals surface area contributed by atoms with E-state index >= 15 is 0 Å².